The second-order valence-corrected chi connectivity index (χ2v) is 6.33. The van der Waals surface area contributed by atoms with Crippen molar-refractivity contribution in [3.8, 4) is 0 Å². The first-order valence-electron chi connectivity index (χ1n) is 8.03. The van der Waals surface area contributed by atoms with Crippen LogP contribution >= 0.6 is 11.6 Å². The van der Waals surface area contributed by atoms with Crippen LogP contribution < -0.4 is 5.32 Å². The van der Waals surface area contributed by atoms with Gasteiger partial charge in [0.25, 0.3) is 5.91 Å². The Morgan fingerprint density at radius 3 is 2.76 bits per heavy atom. The van der Waals surface area contributed by atoms with E-state index in [9.17, 15) is 14.0 Å². The molecule has 0 bridgehead atoms. The summed E-state index contributed by atoms with van der Waals surface area (Å²) in [5.74, 6) is -1.73. The highest BCUT2D eigenvalue weighted by atomic mass is 35.5. The number of carbonyl (C=O) groups excluding carboxylic acids is 2. The number of carbonyl (C=O) groups is 2. The Morgan fingerprint density at radius 1 is 1.16 bits per heavy atom. The van der Waals surface area contributed by atoms with Crippen LogP contribution in [0.15, 0.2) is 36.4 Å². The van der Waals surface area contributed by atoms with E-state index in [-0.39, 0.29) is 17.0 Å². The first-order chi connectivity index (χ1) is 12.0. The normalized spacial score (nSPS) is 12.6. The molecule has 6 heteroatoms. The van der Waals surface area contributed by atoms with Gasteiger partial charge in [-0.2, -0.15) is 0 Å². The number of ether oxygens (including phenoxy) is 1. The van der Waals surface area contributed by atoms with Crippen LogP contribution in [0.2, 0.25) is 5.02 Å². The molecule has 130 valence electrons. The summed E-state index contributed by atoms with van der Waals surface area (Å²) < 4.78 is 18.5. The highest BCUT2D eigenvalue weighted by Gasteiger charge is 2.15. The van der Waals surface area contributed by atoms with Gasteiger partial charge in [0.15, 0.2) is 6.61 Å². The van der Waals surface area contributed by atoms with Gasteiger partial charge >= 0.3 is 5.97 Å². The molecule has 0 fully saturated rings. The molecule has 0 saturated carbocycles. The van der Waals surface area contributed by atoms with Crippen molar-refractivity contribution in [3.63, 3.8) is 0 Å². The quantitative estimate of drug-likeness (QED) is 0.826. The van der Waals surface area contributed by atoms with Gasteiger partial charge in [-0.3, -0.25) is 9.59 Å². The summed E-state index contributed by atoms with van der Waals surface area (Å²) >= 11 is 5.86. The third-order valence-electron chi connectivity index (χ3n) is 4.13. The first-order valence-corrected chi connectivity index (χ1v) is 8.41. The lowest BCUT2D eigenvalue weighted by Gasteiger charge is -2.09. The van der Waals surface area contributed by atoms with E-state index in [0.717, 1.165) is 19.3 Å². The average molecular weight is 362 g/mol. The highest BCUT2D eigenvalue weighted by Crippen LogP contribution is 2.25. The SMILES string of the molecule is O=C(COC(=O)Cc1c(F)cccc1Cl)Nc1ccc2c(c1)CCC2. The van der Waals surface area contributed by atoms with Crippen LogP contribution in [0.1, 0.15) is 23.1 Å². The lowest BCUT2D eigenvalue weighted by molar-refractivity contribution is -0.146. The topological polar surface area (TPSA) is 55.4 Å². The van der Waals surface area contributed by atoms with Gasteiger partial charge in [0.2, 0.25) is 0 Å². The highest BCUT2D eigenvalue weighted by molar-refractivity contribution is 6.31. The van der Waals surface area contributed by atoms with E-state index >= 15 is 0 Å². The molecule has 0 spiro atoms. The fraction of sp³-hybridized carbons (Fsp3) is 0.263. The zero-order chi connectivity index (χ0) is 17.8. The zero-order valence-corrected chi connectivity index (χ0v) is 14.2. The summed E-state index contributed by atoms with van der Waals surface area (Å²) in [4.78, 5) is 23.7. The largest absolute Gasteiger partial charge is 0.455 e. The molecular formula is C19H17ClFNO3. The fourth-order valence-electron chi connectivity index (χ4n) is 2.89. The Balaban J connectivity index is 1.51. The smallest absolute Gasteiger partial charge is 0.310 e. The standard InChI is InChI=1S/C19H17ClFNO3/c20-16-5-2-6-17(21)15(16)10-19(24)25-11-18(23)22-14-8-7-12-3-1-4-13(12)9-14/h2,5-9H,1,3-4,10-11H2,(H,22,23). The second kappa shape index (κ2) is 7.66. The Morgan fingerprint density at radius 2 is 1.96 bits per heavy atom. The molecule has 0 unspecified atom stereocenters. The molecule has 1 amide bonds. The number of benzene rings is 2. The molecule has 2 aromatic carbocycles. The van der Waals surface area contributed by atoms with E-state index in [2.05, 4.69) is 5.32 Å². The maximum atomic E-state index is 13.6. The summed E-state index contributed by atoms with van der Waals surface area (Å²) in [6, 6.07) is 9.95. The first kappa shape index (κ1) is 17.4. The van der Waals surface area contributed by atoms with Crippen molar-refractivity contribution in [2.24, 2.45) is 0 Å². The molecule has 1 aliphatic rings. The molecule has 3 rings (SSSR count). The average Bonchev–Trinajstić information content (AvgIpc) is 3.04. The number of hydrogen-bond donors (Lipinski definition) is 1. The molecular weight excluding hydrogens is 345 g/mol. The molecule has 0 aliphatic heterocycles. The van der Waals surface area contributed by atoms with Crippen molar-refractivity contribution in [3.05, 3.63) is 63.9 Å². The molecule has 0 saturated heterocycles. The number of hydrogen-bond acceptors (Lipinski definition) is 3. The zero-order valence-electron chi connectivity index (χ0n) is 13.5. The van der Waals surface area contributed by atoms with Crippen LogP contribution in [0, 0.1) is 5.82 Å². The Kier molecular flexibility index (Phi) is 5.34. The molecule has 1 N–H and O–H groups in total. The van der Waals surface area contributed by atoms with Crippen LogP contribution in [0.25, 0.3) is 0 Å². The van der Waals surface area contributed by atoms with Gasteiger partial charge in [0.05, 0.1) is 6.42 Å². The second-order valence-electron chi connectivity index (χ2n) is 5.92. The van der Waals surface area contributed by atoms with Crippen LogP contribution in [0.5, 0.6) is 0 Å². The molecule has 0 heterocycles. The van der Waals surface area contributed by atoms with Crippen molar-refractivity contribution >= 4 is 29.2 Å². The number of aryl methyl sites for hydroxylation is 2. The van der Waals surface area contributed by atoms with E-state index in [0.29, 0.717) is 5.69 Å². The van der Waals surface area contributed by atoms with Crippen molar-refractivity contribution in [2.75, 3.05) is 11.9 Å². The number of nitrogens with one attached hydrogen (secondary N) is 1. The van der Waals surface area contributed by atoms with Crippen LogP contribution in [0.3, 0.4) is 0 Å². The number of amides is 1. The van der Waals surface area contributed by atoms with Crippen molar-refractivity contribution in [1.29, 1.82) is 0 Å². The summed E-state index contributed by atoms with van der Waals surface area (Å²) in [6.07, 6.45) is 2.89. The lowest BCUT2D eigenvalue weighted by Crippen LogP contribution is -2.22. The lowest BCUT2D eigenvalue weighted by atomic mass is 10.1. The monoisotopic (exact) mass is 361 g/mol. The van der Waals surface area contributed by atoms with Gasteiger partial charge in [-0.05, 0) is 54.7 Å². The number of fused-ring (bicyclic) bond motifs is 1. The molecule has 4 nitrogen and oxygen atoms in total. The minimum Gasteiger partial charge on any atom is -0.455 e. The Hall–Kier alpha value is -2.40. The van der Waals surface area contributed by atoms with Crippen LogP contribution in [-0.4, -0.2) is 18.5 Å². The van der Waals surface area contributed by atoms with Gasteiger partial charge in [0.1, 0.15) is 5.82 Å². The van der Waals surface area contributed by atoms with Crippen molar-refractivity contribution < 1.29 is 18.7 Å². The number of halogens is 2. The third kappa shape index (κ3) is 4.37. The molecule has 0 atom stereocenters. The van der Waals surface area contributed by atoms with E-state index < -0.39 is 24.3 Å². The number of anilines is 1. The fourth-order valence-corrected chi connectivity index (χ4v) is 3.12. The van der Waals surface area contributed by atoms with E-state index in [1.807, 2.05) is 18.2 Å². The van der Waals surface area contributed by atoms with Gasteiger partial charge in [-0.1, -0.05) is 23.7 Å². The van der Waals surface area contributed by atoms with E-state index in [1.54, 1.807) is 0 Å². The van der Waals surface area contributed by atoms with Gasteiger partial charge < -0.3 is 10.1 Å². The summed E-state index contributed by atoms with van der Waals surface area (Å²) in [6.45, 7) is -0.429. The molecule has 0 radical (unpaired) electrons. The molecule has 2 aromatic rings. The molecule has 0 aromatic heterocycles. The molecule has 25 heavy (non-hydrogen) atoms. The molecule has 1 aliphatic carbocycles. The summed E-state index contributed by atoms with van der Waals surface area (Å²) in [7, 11) is 0. The van der Waals surface area contributed by atoms with Gasteiger partial charge in [-0.15, -0.1) is 0 Å². The number of rotatable bonds is 5. The summed E-state index contributed by atoms with van der Waals surface area (Å²) in [5.41, 5.74) is 3.29. The Labute approximate surface area is 149 Å². The maximum Gasteiger partial charge on any atom is 0.310 e. The van der Waals surface area contributed by atoms with E-state index in [1.165, 1.54) is 29.3 Å². The minimum absolute atomic E-state index is 0.0631. The van der Waals surface area contributed by atoms with Crippen molar-refractivity contribution in [2.45, 2.75) is 25.7 Å². The van der Waals surface area contributed by atoms with Gasteiger partial charge in [-0.25, -0.2) is 4.39 Å². The van der Waals surface area contributed by atoms with Crippen LogP contribution in [0.4, 0.5) is 10.1 Å². The third-order valence-corrected chi connectivity index (χ3v) is 4.48. The predicted octanol–water partition coefficient (Wildman–Crippen LogP) is 3.69. The maximum absolute atomic E-state index is 13.6. The Bertz CT molecular complexity index is 802. The van der Waals surface area contributed by atoms with Crippen LogP contribution in [-0.2, 0) is 33.6 Å². The minimum atomic E-state index is -0.712. The summed E-state index contributed by atoms with van der Waals surface area (Å²) in [5, 5.41) is 2.85. The van der Waals surface area contributed by atoms with Gasteiger partial charge in [0, 0.05) is 16.3 Å². The number of esters is 1. The van der Waals surface area contributed by atoms with Crippen molar-refractivity contribution in [1.82, 2.24) is 0 Å². The van der Waals surface area contributed by atoms with E-state index in [4.69, 9.17) is 16.3 Å². The predicted molar refractivity (Wildman–Crippen MR) is 93.2 cm³/mol.